The van der Waals surface area contributed by atoms with Crippen LogP contribution in [-0.2, 0) is 11.2 Å². The largest absolute Gasteiger partial charge is 0.489 e. The molecular weight excluding hydrogens is 440 g/mol. The molecule has 0 saturated carbocycles. The molecule has 0 aliphatic rings. The Labute approximate surface area is 198 Å². The fourth-order valence-corrected chi connectivity index (χ4v) is 4.04. The Bertz CT molecular complexity index is 1150. The first-order chi connectivity index (χ1) is 16.2. The maximum atomic E-state index is 12.7. The number of nitrogens with one attached hydrogen (secondary N) is 1. The van der Waals surface area contributed by atoms with Crippen molar-refractivity contribution in [3.8, 4) is 5.75 Å². The Morgan fingerprint density at radius 3 is 2.65 bits per heavy atom. The van der Waals surface area contributed by atoms with Gasteiger partial charge < -0.3 is 23.8 Å². The van der Waals surface area contributed by atoms with Gasteiger partial charge in [0.1, 0.15) is 23.1 Å². The minimum Gasteiger partial charge on any atom is -0.489 e. The van der Waals surface area contributed by atoms with Crippen molar-refractivity contribution < 1.29 is 23.6 Å². The molecule has 0 aliphatic heterocycles. The van der Waals surface area contributed by atoms with Gasteiger partial charge in [-0.05, 0) is 37.8 Å². The summed E-state index contributed by atoms with van der Waals surface area (Å²) in [6.45, 7) is 9.35. The molecule has 184 valence electrons. The topological polar surface area (TPSA) is 122 Å². The van der Waals surface area contributed by atoms with Crippen LogP contribution in [0.4, 0.5) is 11.6 Å². The Hall–Kier alpha value is -3.40. The monoisotopic (exact) mass is 472 g/mol. The molecule has 1 N–H and O–H groups in total. The number of nitrogens with zero attached hydrogens (tertiary/aromatic N) is 3. The van der Waals surface area contributed by atoms with E-state index in [0.29, 0.717) is 24.0 Å². The summed E-state index contributed by atoms with van der Waals surface area (Å²) < 4.78 is 18.3. The lowest BCUT2D eigenvalue weighted by Gasteiger charge is -2.20. The normalized spacial score (nSPS) is 12.3. The van der Waals surface area contributed by atoms with Crippen molar-refractivity contribution in [2.24, 2.45) is 5.92 Å². The van der Waals surface area contributed by atoms with Gasteiger partial charge in [-0.15, -0.1) is 0 Å². The third-order valence-electron chi connectivity index (χ3n) is 5.38. The highest BCUT2D eigenvalue weighted by molar-refractivity contribution is 6.04. The van der Waals surface area contributed by atoms with Crippen molar-refractivity contribution in [2.45, 2.75) is 53.0 Å². The molecule has 2 aromatic heterocycles. The highest BCUT2D eigenvalue weighted by atomic mass is 16.6. The predicted molar refractivity (Wildman–Crippen MR) is 129 cm³/mol. The summed E-state index contributed by atoms with van der Waals surface area (Å²) in [4.78, 5) is 27.8. The molecule has 0 bridgehead atoms. The van der Waals surface area contributed by atoms with E-state index in [1.165, 1.54) is 6.07 Å². The number of aryl methyl sites for hydroxylation is 1. The minimum atomic E-state index is -0.692. The first-order valence-corrected chi connectivity index (χ1v) is 11.5. The van der Waals surface area contributed by atoms with Gasteiger partial charge in [-0.2, -0.15) is 0 Å². The molecule has 34 heavy (non-hydrogen) atoms. The van der Waals surface area contributed by atoms with E-state index < -0.39 is 16.7 Å². The van der Waals surface area contributed by atoms with Crippen molar-refractivity contribution in [3.63, 3.8) is 0 Å². The number of methoxy groups -OCH3 is 1. The third-order valence-corrected chi connectivity index (χ3v) is 5.38. The standard InChI is InChI=1S/C24H32N4O6/c1-6-7-22-25-17-13-18(26-24(29)20-8-9-23(34-20)28(30)31)21(33-11-10-32-5)14-19(17)27(22)16(4)12-15(2)3/h8-9,13-16H,6-7,10-12H2,1-5H3,(H,26,29). The van der Waals surface area contributed by atoms with Gasteiger partial charge in [-0.3, -0.25) is 14.9 Å². The quantitative estimate of drug-likeness (QED) is 0.213. The van der Waals surface area contributed by atoms with Crippen LogP contribution in [0.1, 0.15) is 63.0 Å². The number of nitro groups is 1. The molecule has 1 atom stereocenters. The summed E-state index contributed by atoms with van der Waals surface area (Å²) in [5.41, 5.74) is 2.06. The zero-order valence-electron chi connectivity index (χ0n) is 20.3. The van der Waals surface area contributed by atoms with Crippen LogP contribution in [0.15, 0.2) is 28.7 Å². The van der Waals surface area contributed by atoms with Gasteiger partial charge in [-0.25, -0.2) is 4.98 Å². The lowest BCUT2D eigenvalue weighted by molar-refractivity contribution is -0.402. The maximum absolute atomic E-state index is 12.7. The van der Waals surface area contributed by atoms with E-state index in [0.717, 1.165) is 42.2 Å². The van der Waals surface area contributed by atoms with E-state index in [2.05, 4.69) is 37.6 Å². The molecule has 0 spiro atoms. The minimum absolute atomic E-state index is 0.169. The molecule has 3 rings (SSSR count). The summed E-state index contributed by atoms with van der Waals surface area (Å²) in [6.07, 6.45) is 2.78. The summed E-state index contributed by atoms with van der Waals surface area (Å²) in [5.74, 6) is 0.677. The van der Waals surface area contributed by atoms with Crippen LogP contribution in [0.5, 0.6) is 5.75 Å². The Balaban J connectivity index is 2.04. The SMILES string of the molecule is CCCc1nc2cc(NC(=O)c3ccc([N+](=O)[O-])o3)c(OCCOC)cc2n1C(C)CC(C)C. The molecule has 10 nitrogen and oxygen atoms in total. The number of hydrogen-bond donors (Lipinski definition) is 1. The number of carbonyl (C=O) groups excluding carboxylic acids is 1. The second-order valence-corrected chi connectivity index (χ2v) is 8.65. The molecule has 10 heteroatoms. The number of hydrogen-bond acceptors (Lipinski definition) is 7. The van der Waals surface area contributed by atoms with Gasteiger partial charge in [0.15, 0.2) is 5.76 Å². The van der Waals surface area contributed by atoms with E-state index in [-0.39, 0.29) is 18.4 Å². The number of anilines is 1. The molecule has 3 aromatic rings. The average molecular weight is 473 g/mol. The number of aromatic nitrogens is 2. The molecule has 0 radical (unpaired) electrons. The second-order valence-electron chi connectivity index (χ2n) is 8.65. The van der Waals surface area contributed by atoms with Crippen LogP contribution in [0.25, 0.3) is 11.0 Å². The number of fused-ring (bicyclic) bond motifs is 1. The zero-order chi connectivity index (χ0) is 24.8. The second kappa shape index (κ2) is 11.1. The molecule has 0 aliphatic carbocycles. The average Bonchev–Trinajstić information content (AvgIpc) is 3.39. The summed E-state index contributed by atoms with van der Waals surface area (Å²) >= 11 is 0. The highest BCUT2D eigenvalue weighted by Gasteiger charge is 2.22. The summed E-state index contributed by atoms with van der Waals surface area (Å²) in [7, 11) is 1.58. The van der Waals surface area contributed by atoms with Crippen LogP contribution in [0.2, 0.25) is 0 Å². The molecule has 1 unspecified atom stereocenters. The highest BCUT2D eigenvalue weighted by Crippen LogP contribution is 2.34. The third kappa shape index (κ3) is 5.74. The number of rotatable bonds is 12. The molecule has 0 saturated heterocycles. The molecule has 0 fully saturated rings. The smallest absolute Gasteiger partial charge is 0.433 e. The Morgan fingerprint density at radius 2 is 2.03 bits per heavy atom. The molecule has 1 aromatic carbocycles. The lowest BCUT2D eigenvalue weighted by Crippen LogP contribution is -2.14. The van der Waals surface area contributed by atoms with Crippen LogP contribution in [0, 0.1) is 16.0 Å². The van der Waals surface area contributed by atoms with Crippen LogP contribution >= 0.6 is 0 Å². The summed E-state index contributed by atoms with van der Waals surface area (Å²) in [5, 5.41) is 13.6. The van der Waals surface area contributed by atoms with Crippen molar-refractivity contribution in [1.29, 1.82) is 0 Å². The van der Waals surface area contributed by atoms with Crippen LogP contribution in [-0.4, -0.2) is 40.7 Å². The van der Waals surface area contributed by atoms with Gasteiger partial charge in [0.25, 0.3) is 5.91 Å². The van der Waals surface area contributed by atoms with Crippen molar-refractivity contribution in [3.05, 3.63) is 46.0 Å². The maximum Gasteiger partial charge on any atom is 0.433 e. The molecule has 2 heterocycles. The van der Waals surface area contributed by atoms with E-state index in [1.807, 2.05) is 6.07 Å². The number of ether oxygens (including phenoxy) is 2. The first kappa shape index (κ1) is 25.2. The van der Waals surface area contributed by atoms with Gasteiger partial charge in [-0.1, -0.05) is 20.8 Å². The van der Waals surface area contributed by atoms with E-state index in [4.69, 9.17) is 18.9 Å². The number of amides is 1. The van der Waals surface area contributed by atoms with Gasteiger partial charge in [0, 0.05) is 25.6 Å². The zero-order valence-corrected chi connectivity index (χ0v) is 20.3. The van der Waals surface area contributed by atoms with Crippen molar-refractivity contribution >= 4 is 28.5 Å². The van der Waals surface area contributed by atoms with E-state index in [1.54, 1.807) is 13.2 Å². The van der Waals surface area contributed by atoms with Gasteiger partial charge >= 0.3 is 5.88 Å². The van der Waals surface area contributed by atoms with E-state index >= 15 is 0 Å². The van der Waals surface area contributed by atoms with E-state index in [9.17, 15) is 14.9 Å². The van der Waals surface area contributed by atoms with Crippen LogP contribution < -0.4 is 10.1 Å². The first-order valence-electron chi connectivity index (χ1n) is 11.5. The number of carbonyl (C=O) groups is 1. The Kier molecular flexibility index (Phi) is 8.27. The fraction of sp³-hybridized carbons (Fsp3) is 0.500. The van der Waals surface area contributed by atoms with Crippen LogP contribution in [0.3, 0.4) is 0 Å². The van der Waals surface area contributed by atoms with Gasteiger partial charge in [0.2, 0.25) is 0 Å². The number of imidazole rings is 1. The van der Waals surface area contributed by atoms with Crippen molar-refractivity contribution in [2.75, 3.05) is 25.6 Å². The fourth-order valence-electron chi connectivity index (χ4n) is 4.04. The summed E-state index contributed by atoms with van der Waals surface area (Å²) in [6, 6.07) is 6.29. The molecule has 1 amide bonds. The number of benzene rings is 1. The Morgan fingerprint density at radius 1 is 1.26 bits per heavy atom. The number of furan rings is 1. The lowest BCUT2D eigenvalue weighted by atomic mass is 10.0. The molecular formula is C24H32N4O6. The van der Waals surface area contributed by atoms with Crippen molar-refractivity contribution in [1.82, 2.24) is 9.55 Å². The van der Waals surface area contributed by atoms with Gasteiger partial charge in [0.05, 0.1) is 29.4 Å². The predicted octanol–water partition coefficient (Wildman–Crippen LogP) is 5.37.